The highest BCUT2D eigenvalue weighted by Crippen LogP contribution is 2.37. The second-order valence-electron chi connectivity index (χ2n) is 6.01. The Morgan fingerprint density at radius 1 is 1.17 bits per heavy atom. The summed E-state index contributed by atoms with van der Waals surface area (Å²) in [5.41, 5.74) is 0. The molecule has 2 fully saturated rings. The van der Waals surface area contributed by atoms with Crippen LogP contribution in [0.2, 0.25) is 0 Å². The minimum absolute atomic E-state index is 0.0653. The second-order valence-corrected chi connectivity index (χ2v) is 6.01. The zero-order chi connectivity index (χ0) is 13.3. The fourth-order valence-corrected chi connectivity index (χ4v) is 2.81. The molecule has 2 atom stereocenters. The molecule has 18 heavy (non-hydrogen) atoms. The molecule has 0 spiro atoms. The van der Waals surface area contributed by atoms with Crippen LogP contribution in [0.15, 0.2) is 0 Å². The Kier molecular flexibility index (Phi) is 3.93. The van der Waals surface area contributed by atoms with Gasteiger partial charge in [0, 0.05) is 12.6 Å². The summed E-state index contributed by atoms with van der Waals surface area (Å²) in [5.74, 6) is -0.827. The van der Waals surface area contributed by atoms with Crippen molar-refractivity contribution in [3.8, 4) is 0 Å². The van der Waals surface area contributed by atoms with Gasteiger partial charge < -0.3 is 10.0 Å². The number of carbonyl (C=O) groups is 2. The summed E-state index contributed by atoms with van der Waals surface area (Å²) in [6.07, 6.45) is 5.09. The van der Waals surface area contributed by atoms with Crippen molar-refractivity contribution in [1.29, 1.82) is 0 Å². The summed E-state index contributed by atoms with van der Waals surface area (Å²) in [6.45, 7) is 4.86. The van der Waals surface area contributed by atoms with Crippen LogP contribution in [-0.2, 0) is 9.59 Å². The molecule has 0 aromatic carbocycles. The molecule has 102 valence electrons. The van der Waals surface area contributed by atoms with Gasteiger partial charge >= 0.3 is 5.97 Å². The smallest absolute Gasteiger partial charge is 0.307 e. The Morgan fingerprint density at radius 2 is 1.78 bits per heavy atom. The van der Waals surface area contributed by atoms with Crippen molar-refractivity contribution in [2.24, 2.45) is 17.8 Å². The molecule has 0 aliphatic heterocycles. The number of hydrogen-bond donors (Lipinski definition) is 1. The van der Waals surface area contributed by atoms with Crippen LogP contribution in [0, 0.1) is 17.8 Å². The lowest BCUT2D eigenvalue weighted by atomic mass is 9.72. The van der Waals surface area contributed by atoms with Gasteiger partial charge in [-0.25, -0.2) is 0 Å². The molecule has 2 aliphatic carbocycles. The van der Waals surface area contributed by atoms with E-state index in [9.17, 15) is 9.59 Å². The van der Waals surface area contributed by atoms with Crippen LogP contribution >= 0.6 is 0 Å². The van der Waals surface area contributed by atoms with Crippen molar-refractivity contribution < 1.29 is 14.7 Å². The Labute approximate surface area is 108 Å². The molecular formula is C14H23NO3. The van der Waals surface area contributed by atoms with Crippen molar-refractivity contribution >= 4 is 11.9 Å². The van der Waals surface area contributed by atoms with Crippen LogP contribution in [0.5, 0.6) is 0 Å². The van der Waals surface area contributed by atoms with Gasteiger partial charge in [0.1, 0.15) is 0 Å². The lowest BCUT2D eigenvalue weighted by Crippen LogP contribution is -2.50. The molecule has 1 amide bonds. The number of carbonyl (C=O) groups excluding carboxylic acids is 1. The van der Waals surface area contributed by atoms with Crippen LogP contribution in [0.1, 0.15) is 46.0 Å². The topological polar surface area (TPSA) is 57.6 Å². The van der Waals surface area contributed by atoms with Crippen molar-refractivity contribution in [2.45, 2.75) is 52.0 Å². The van der Waals surface area contributed by atoms with E-state index in [2.05, 4.69) is 0 Å². The van der Waals surface area contributed by atoms with E-state index in [4.69, 9.17) is 5.11 Å². The average Bonchev–Trinajstić information content (AvgIpc) is 2.11. The van der Waals surface area contributed by atoms with E-state index in [0.717, 1.165) is 13.0 Å². The molecule has 2 rings (SSSR count). The first-order valence-corrected chi connectivity index (χ1v) is 7.04. The number of amides is 1. The van der Waals surface area contributed by atoms with E-state index in [0.29, 0.717) is 12.3 Å². The van der Waals surface area contributed by atoms with E-state index >= 15 is 0 Å². The lowest BCUT2D eigenvalue weighted by molar-refractivity contribution is -0.158. The summed E-state index contributed by atoms with van der Waals surface area (Å²) in [6, 6.07) is 0.174. The maximum absolute atomic E-state index is 12.4. The third-order valence-corrected chi connectivity index (χ3v) is 4.49. The molecular weight excluding hydrogens is 230 g/mol. The van der Waals surface area contributed by atoms with E-state index in [-0.39, 0.29) is 17.9 Å². The predicted octanol–water partition coefficient (Wildman–Crippen LogP) is 2.13. The van der Waals surface area contributed by atoms with Gasteiger partial charge in [-0.15, -0.1) is 0 Å². The highest BCUT2D eigenvalue weighted by molar-refractivity contribution is 5.86. The summed E-state index contributed by atoms with van der Waals surface area (Å²) in [7, 11) is 0. The van der Waals surface area contributed by atoms with E-state index in [1.54, 1.807) is 0 Å². The molecule has 2 aliphatic rings. The monoisotopic (exact) mass is 253 g/mol. The Balaban J connectivity index is 1.96. The first-order valence-electron chi connectivity index (χ1n) is 7.04. The van der Waals surface area contributed by atoms with E-state index in [1.165, 1.54) is 19.3 Å². The summed E-state index contributed by atoms with van der Waals surface area (Å²) in [4.78, 5) is 25.3. The number of carboxylic acid groups (broad SMARTS) is 1. The van der Waals surface area contributed by atoms with Crippen molar-refractivity contribution in [3.05, 3.63) is 0 Å². The van der Waals surface area contributed by atoms with Crippen LogP contribution in [-0.4, -0.2) is 34.5 Å². The Bertz CT molecular complexity index is 336. The van der Waals surface area contributed by atoms with Crippen LogP contribution < -0.4 is 0 Å². The van der Waals surface area contributed by atoms with Gasteiger partial charge in [-0.2, -0.15) is 0 Å². The molecule has 4 nitrogen and oxygen atoms in total. The molecule has 2 saturated carbocycles. The molecule has 0 aromatic heterocycles. The van der Waals surface area contributed by atoms with E-state index in [1.807, 2.05) is 18.7 Å². The molecule has 0 saturated heterocycles. The molecule has 0 heterocycles. The van der Waals surface area contributed by atoms with Gasteiger partial charge in [0.15, 0.2) is 0 Å². The van der Waals surface area contributed by atoms with Gasteiger partial charge in [-0.05, 0) is 45.4 Å². The number of aliphatic carboxylic acids is 1. The van der Waals surface area contributed by atoms with Gasteiger partial charge in [-0.1, -0.05) is 6.42 Å². The maximum atomic E-state index is 12.4. The standard InChI is InChI=1S/C14H23NO3/c1-9(2)15(8-10-4-3-5-10)13(16)11-6-7-12(11)14(17)18/h9-12H,3-8H2,1-2H3,(H,17,18). The summed E-state index contributed by atoms with van der Waals surface area (Å²) in [5, 5.41) is 9.04. The first-order chi connectivity index (χ1) is 8.50. The van der Waals surface area contributed by atoms with Crippen molar-refractivity contribution in [3.63, 3.8) is 0 Å². The molecule has 4 heteroatoms. The number of hydrogen-bond acceptors (Lipinski definition) is 2. The quantitative estimate of drug-likeness (QED) is 0.816. The van der Waals surface area contributed by atoms with Gasteiger partial charge in [0.2, 0.25) is 5.91 Å². The van der Waals surface area contributed by atoms with Crippen LogP contribution in [0.25, 0.3) is 0 Å². The first kappa shape index (κ1) is 13.4. The number of rotatable bonds is 5. The van der Waals surface area contributed by atoms with Crippen molar-refractivity contribution in [2.75, 3.05) is 6.54 Å². The zero-order valence-electron chi connectivity index (χ0n) is 11.3. The third kappa shape index (κ3) is 2.52. The highest BCUT2D eigenvalue weighted by atomic mass is 16.4. The largest absolute Gasteiger partial charge is 0.481 e. The van der Waals surface area contributed by atoms with Crippen LogP contribution in [0.4, 0.5) is 0 Å². The fourth-order valence-electron chi connectivity index (χ4n) is 2.81. The predicted molar refractivity (Wildman–Crippen MR) is 68.0 cm³/mol. The molecule has 1 N–H and O–H groups in total. The van der Waals surface area contributed by atoms with Gasteiger partial charge in [0.25, 0.3) is 0 Å². The highest BCUT2D eigenvalue weighted by Gasteiger charge is 2.44. The minimum atomic E-state index is -0.813. The molecule has 0 aromatic rings. The van der Waals surface area contributed by atoms with Crippen LogP contribution in [0.3, 0.4) is 0 Å². The minimum Gasteiger partial charge on any atom is -0.481 e. The third-order valence-electron chi connectivity index (χ3n) is 4.49. The Morgan fingerprint density at radius 3 is 2.11 bits per heavy atom. The Hall–Kier alpha value is -1.06. The zero-order valence-corrected chi connectivity index (χ0v) is 11.3. The summed E-state index contributed by atoms with van der Waals surface area (Å²) < 4.78 is 0. The molecule has 0 radical (unpaired) electrons. The second kappa shape index (κ2) is 5.29. The van der Waals surface area contributed by atoms with Crippen molar-refractivity contribution in [1.82, 2.24) is 4.90 Å². The maximum Gasteiger partial charge on any atom is 0.307 e. The van der Waals surface area contributed by atoms with Gasteiger partial charge in [0.05, 0.1) is 11.8 Å². The molecule has 2 unspecified atom stereocenters. The normalized spacial score (nSPS) is 27.5. The number of nitrogens with zero attached hydrogens (tertiary/aromatic N) is 1. The fraction of sp³-hybridized carbons (Fsp3) is 0.857. The average molecular weight is 253 g/mol. The number of carboxylic acids is 1. The molecule has 0 bridgehead atoms. The van der Waals surface area contributed by atoms with E-state index < -0.39 is 11.9 Å². The van der Waals surface area contributed by atoms with Gasteiger partial charge in [-0.3, -0.25) is 9.59 Å². The SMILES string of the molecule is CC(C)N(CC1CCC1)C(=O)C1CCC1C(=O)O. The summed E-state index contributed by atoms with van der Waals surface area (Å²) >= 11 is 0. The lowest BCUT2D eigenvalue weighted by Gasteiger charge is -2.40.